The van der Waals surface area contributed by atoms with Gasteiger partial charge in [0, 0.05) is 37.9 Å². The molecule has 2 aliphatic heterocycles. The lowest BCUT2D eigenvalue weighted by Gasteiger charge is -2.40. The third-order valence-corrected chi connectivity index (χ3v) is 10.7. The van der Waals surface area contributed by atoms with Crippen LogP contribution >= 0.6 is 0 Å². The summed E-state index contributed by atoms with van der Waals surface area (Å²) < 4.78 is 65.1. The predicted octanol–water partition coefficient (Wildman–Crippen LogP) is 2.71. The molecule has 0 saturated carbocycles. The summed E-state index contributed by atoms with van der Waals surface area (Å²) >= 11 is 0. The van der Waals surface area contributed by atoms with Crippen LogP contribution in [0, 0.1) is 5.82 Å². The molecule has 0 N–H and O–H groups in total. The maximum atomic E-state index is 13.4. The lowest BCUT2D eigenvalue weighted by molar-refractivity contribution is 0.201. The standard InChI is InChI=1S/C23H29FN2O4S2/c1-17(2)18-3-9-21(10-4-18)32(29,30)23-16-31(27,28)15-22(23)26-13-11-25(12-14-26)20-7-5-19(24)6-8-20/h3-10,17,22-23H,11-16H2,1-2H3/t22-,23-/m0/s1. The van der Waals surface area contributed by atoms with E-state index in [-0.39, 0.29) is 28.1 Å². The van der Waals surface area contributed by atoms with Crippen LogP contribution in [0.25, 0.3) is 0 Å². The number of benzene rings is 2. The van der Waals surface area contributed by atoms with E-state index >= 15 is 0 Å². The van der Waals surface area contributed by atoms with Crippen molar-refractivity contribution < 1.29 is 21.2 Å². The first kappa shape index (κ1) is 23.2. The topological polar surface area (TPSA) is 74.8 Å². The van der Waals surface area contributed by atoms with Gasteiger partial charge in [0.2, 0.25) is 0 Å². The third kappa shape index (κ3) is 4.70. The van der Waals surface area contributed by atoms with Crippen molar-refractivity contribution >= 4 is 25.4 Å². The van der Waals surface area contributed by atoms with Gasteiger partial charge in [0.05, 0.1) is 21.7 Å². The van der Waals surface area contributed by atoms with Crippen LogP contribution in [0.2, 0.25) is 0 Å². The fraction of sp³-hybridized carbons (Fsp3) is 0.478. The molecule has 9 heteroatoms. The summed E-state index contributed by atoms with van der Waals surface area (Å²) in [7, 11) is -7.25. The van der Waals surface area contributed by atoms with Gasteiger partial charge in [0.25, 0.3) is 0 Å². The van der Waals surface area contributed by atoms with E-state index in [1.165, 1.54) is 12.1 Å². The Hall–Kier alpha value is -1.97. The number of rotatable bonds is 5. The summed E-state index contributed by atoms with van der Waals surface area (Å²) in [6.45, 7) is 6.42. The van der Waals surface area contributed by atoms with Crippen molar-refractivity contribution in [1.82, 2.24) is 4.90 Å². The molecule has 2 aliphatic rings. The maximum absolute atomic E-state index is 13.4. The number of nitrogens with zero attached hydrogens (tertiary/aromatic N) is 2. The molecule has 0 spiro atoms. The number of piperazine rings is 1. The second-order valence-corrected chi connectivity index (χ2v) is 13.3. The molecule has 0 unspecified atom stereocenters. The Balaban J connectivity index is 1.53. The number of hydrogen-bond acceptors (Lipinski definition) is 6. The molecule has 0 aliphatic carbocycles. The minimum absolute atomic E-state index is 0.141. The first-order valence-electron chi connectivity index (χ1n) is 10.9. The smallest absolute Gasteiger partial charge is 0.183 e. The number of sulfone groups is 2. The maximum Gasteiger partial charge on any atom is 0.183 e. The first-order valence-corrected chi connectivity index (χ1v) is 14.2. The molecular formula is C23H29FN2O4S2. The van der Waals surface area contributed by atoms with Crippen LogP contribution in [0.3, 0.4) is 0 Å². The van der Waals surface area contributed by atoms with Crippen molar-refractivity contribution in [3.63, 3.8) is 0 Å². The van der Waals surface area contributed by atoms with E-state index < -0.39 is 31.0 Å². The molecule has 2 heterocycles. The second kappa shape index (κ2) is 8.76. The lowest BCUT2D eigenvalue weighted by Crippen LogP contribution is -2.55. The van der Waals surface area contributed by atoms with Gasteiger partial charge in [-0.15, -0.1) is 0 Å². The molecule has 2 saturated heterocycles. The molecule has 2 atom stereocenters. The molecule has 0 amide bonds. The van der Waals surface area contributed by atoms with Crippen LogP contribution in [-0.2, 0) is 19.7 Å². The highest BCUT2D eigenvalue weighted by atomic mass is 32.2. The van der Waals surface area contributed by atoms with E-state index in [0.717, 1.165) is 11.3 Å². The van der Waals surface area contributed by atoms with Crippen LogP contribution in [0.5, 0.6) is 0 Å². The van der Waals surface area contributed by atoms with Gasteiger partial charge < -0.3 is 4.90 Å². The highest BCUT2D eigenvalue weighted by molar-refractivity contribution is 7.96. The summed E-state index contributed by atoms with van der Waals surface area (Å²) in [6.07, 6.45) is 0. The third-order valence-electron chi connectivity index (χ3n) is 6.52. The average Bonchev–Trinajstić information content (AvgIpc) is 3.11. The lowest BCUT2D eigenvalue weighted by atomic mass is 10.0. The number of hydrogen-bond donors (Lipinski definition) is 0. The van der Waals surface area contributed by atoms with E-state index in [1.54, 1.807) is 36.4 Å². The van der Waals surface area contributed by atoms with E-state index in [1.807, 2.05) is 18.7 Å². The van der Waals surface area contributed by atoms with Gasteiger partial charge in [-0.3, -0.25) is 4.90 Å². The summed E-state index contributed by atoms with van der Waals surface area (Å²) in [5.74, 6) is -0.497. The van der Waals surface area contributed by atoms with Crippen molar-refractivity contribution in [3.05, 3.63) is 59.9 Å². The monoisotopic (exact) mass is 480 g/mol. The van der Waals surface area contributed by atoms with Crippen LogP contribution in [0.15, 0.2) is 53.4 Å². The summed E-state index contributed by atoms with van der Waals surface area (Å²) in [5.41, 5.74) is 1.94. The predicted molar refractivity (Wildman–Crippen MR) is 124 cm³/mol. The molecule has 2 fully saturated rings. The zero-order valence-corrected chi connectivity index (χ0v) is 19.9. The fourth-order valence-electron chi connectivity index (χ4n) is 4.61. The minimum Gasteiger partial charge on any atom is -0.369 e. The van der Waals surface area contributed by atoms with Crippen molar-refractivity contribution in [1.29, 1.82) is 0 Å². The molecule has 0 bridgehead atoms. The van der Waals surface area contributed by atoms with Crippen molar-refractivity contribution in [2.24, 2.45) is 0 Å². The molecular weight excluding hydrogens is 451 g/mol. The van der Waals surface area contributed by atoms with Gasteiger partial charge >= 0.3 is 0 Å². The van der Waals surface area contributed by atoms with Crippen LogP contribution in [-0.4, -0.2) is 70.7 Å². The molecule has 6 nitrogen and oxygen atoms in total. The van der Waals surface area contributed by atoms with Gasteiger partial charge in [-0.2, -0.15) is 0 Å². The molecule has 2 aromatic carbocycles. The Morgan fingerprint density at radius 3 is 2.06 bits per heavy atom. The molecule has 4 rings (SSSR count). The first-order chi connectivity index (χ1) is 15.1. The highest BCUT2D eigenvalue weighted by Crippen LogP contribution is 2.31. The molecule has 2 aromatic rings. The van der Waals surface area contributed by atoms with Gasteiger partial charge in [-0.25, -0.2) is 21.2 Å². The zero-order chi connectivity index (χ0) is 23.1. The fourth-order valence-corrected chi connectivity index (χ4v) is 9.44. The molecule has 0 radical (unpaired) electrons. The molecule has 0 aromatic heterocycles. The minimum atomic E-state index is -3.80. The Bertz CT molecular complexity index is 1160. The van der Waals surface area contributed by atoms with Gasteiger partial charge in [-0.05, 0) is 47.9 Å². The van der Waals surface area contributed by atoms with Crippen molar-refractivity contribution in [3.8, 4) is 0 Å². The van der Waals surface area contributed by atoms with Gasteiger partial charge in [0.15, 0.2) is 19.7 Å². The summed E-state index contributed by atoms with van der Waals surface area (Å²) in [5, 5.41) is -0.977. The van der Waals surface area contributed by atoms with Crippen LogP contribution in [0.4, 0.5) is 10.1 Å². The van der Waals surface area contributed by atoms with E-state index in [9.17, 15) is 21.2 Å². The SMILES string of the molecule is CC(C)c1ccc(S(=O)(=O)[C@H]2CS(=O)(=O)C[C@@H]2N2CCN(c3ccc(F)cc3)CC2)cc1. The zero-order valence-electron chi connectivity index (χ0n) is 18.3. The van der Waals surface area contributed by atoms with Crippen molar-refractivity contribution in [2.45, 2.75) is 36.0 Å². The van der Waals surface area contributed by atoms with Gasteiger partial charge in [0.1, 0.15) is 5.82 Å². The van der Waals surface area contributed by atoms with E-state index in [0.29, 0.717) is 26.2 Å². The largest absolute Gasteiger partial charge is 0.369 e. The van der Waals surface area contributed by atoms with Gasteiger partial charge in [-0.1, -0.05) is 26.0 Å². The molecule has 32 heavy (non-hydrogen) atoms. The Morgan fingerprint density at radius 2 is 1.50 bits per heavy atom. The normalized spacial score (nSPS) is 24.2. The Labute approximate surface area is 189 Å². The quantitative estimate of drug-likeness (QED) is 0.655. The second-order valence-electron chi connectivity index (χ2n) is 8.95. The summed E-state index contributed by atoms with van der Waals surface area (Å²) in [6, 6.07) is 12.5. The van der Waals surface area contributed by atoms with E-state index in [2.05, 4.69) is 4.90 Å². The number of halogens is 1. The molecule has 174 valence electrons. The van der Waals surface area contributed by atoms with Crippen LogP contribution in [0.1, 0.15) is 25.3 Å². The Morgan fingerprint density at radius 1 is 0.906 bits per heavy atom. The van der Waals surface area contributed by atoms with E-state index in [4.69, 9.17) is 0 Å². The van der Waals surface area contributed by atoms with Crippen molar-refractivity contribution in [2.75, 3.05) is 42.6 Å². The average molecular weight is 481 g/mol. The summed E-state index contributed by atoms with van der Waals surface area (Å²) in [4.78, 5) is 4.28. The van der Waals surface area contributed by atoms with Crippen LogP contribution < -0.4 is 4.90 Å². The Kier molecular flexibility index (Phi) is 6.35. The number of anilines is 1. The highest BCUT2D eigenvalue weighted by Gasteiger charge is 2.48.